The van der Waals surface area contributed by atoms with Gasteiger partial charge in [-0.05, 0) is 19.1 Å². The average molecular weight is 366 g/mol. The van der Waals surface area contributed by atoms with Gasteiger partial charge in [-0.25, -0.2) is 13.2 Å². The van der Waals surface area contributed by atoms with Crippen molar-refractivity contribution in [3.05, 3.63) is 28.2 Å². The summed E-state index contributed by atoms with van der Waals surface area (Å²) in [5, 5.41) is 7.98. The molecule has 0 radical (unpaired) electrons. The molecular formula is C10H8Cl2F3NO4S. The van der Waals surface area contributed by atoms with Gasteiger partial charge in [0.15, 0.2) is 0 Å². The quantitative estimate of drug-likeness (QED) is 0.858. The fourth-order valence-electron chi connectivity index (χ4n) is 1.24. The fourth-order valence-corrected chi connectivity index (χ4v) is 3.35. The largest absolute Gasteiger partial charge is 0.480 e. The summed E-state index contributed by atoms with van der Waals surface area (Å²) in [5.41, 5.74) is -3.71. The van der Waals surface area contributed by atoms with Crippen LogP contribution in [0.3, 0.4) is 0 Å². The normalized spacial score (nSPS) is 15.5. The predicted octanol–water partition coefficient (Wildman–Crippen LogP) is 2.68. The zero-order valence-corrected chi connectivity index (χ0v) is 12.5. The Morgan fingerprint density at radius 3 is 2.24 bits per heavy atom. The first-order valence-electron chi connectivity index (χ1n) is 5.11. The van der Waals surface area contributed by atoms with E-state index in [9.17, 15) is 26.4 Å². The molecule has 0 aliphatic carbocycles. The lowest BCUT2D eigenvalue weighted by molar-refractivity contribution is -0.201. The highest BCUT2D eigenvalue weighted by Crippen LogP contribution is 2.34. The SMILES string of the molecule is CC(NS(=O)(=O)c1cccc(Cl)c1Cl)(C(=O)O)C(F)(F)F. The molecule has 0 saturated carbocycles. The van der Waals surface area contributed by atoms with Gasteiger partial charge in [-0.3, -0.25) is 0 Å². The molecule has 118 valence electrons. The highest BCUT2D eigenvalue weighted by atomic mass is 35.5. The number of carbonyl (C=O) groups is 1. The Bertz CT molecular complexity index is 677. The number of hydrogen-bond acceptors (Lipinski definition) is 3. The van der Waals surface area contributed by atoms with Crippen LogP contribution >= 0.6 is 23.2 Å². The molecule has 0 spiro atoms. The van der Waals surface area contributed by atoms with Crippen molar-refractivity contribution in [2.45, 2.75) is 23.5 Å². The van der Waals surface area contributed by atoms with Crippen molar-refractivity contribution in [3.63, 3.8) is 0 Å². The van der Waals surface area contributed by atoms with Gasteiger partial charge in [-0.2, -0.15) is 17.9 Å². The second-order valence-electron chi connectivity index (χ2n) is 4.09. The summed E-state index contributed by atoms with van der Waals surface area (Å²) in [5.74, 6) is -2.41. The Kier molecular flexibility index (Phi) is 4.84. The van der Waals surface area contributed by atoms with E-state index in [0.717, 1.165) is 16.9 Å². The van der Waals surface area contributed by atoms with Gasteiger partial charge in [0.25, 0.3) is 0 Å². The van der Waals surface area contributed by atoms with Gasteiger partial charge in [-0.1, -0.05) is 29.3 Å². The van der Waals surface area contributed by atoms with E-state index in [0.29, 0.717) is 0 Å². The number of nitrogens with one attached hydrogen (secondary N) is 1. The average Bonchev–Trinajstić information content (AvgIpc) is 2.30. The van der Waals surface area contributed by atoms with E-state index in [4.69, 9.17) is 28.3 Å². The van der Waals surface area contributed by atoms with Gasteiger partial charge in [0, 0.05) is 0 Å². The van der Waals surface area contributed by atoms with Crippen LogP contribution in [0.5, 0.6) is 0 Å². The molecule has 0 aromatic heterocycles. The summed E-state index contributed by atoms with van der Waals surface area (Å²) >= 11 is 11.2. The Hall–Kier alpha value is -1.03. The number of rotatable bonds is 4. The van der Waals surface area contributed by atoms with E-state index < -0.39 is 37.6 Å². The molecule has 11 heteroatoms. The van der Waals surface area contributed by atoms with Crippen LogP contribution in [-0.2, 0) is 14.8 Å². The molecule has 1 atom stereocenters. The zero-order chi connectivity index (χ0) is 16.6. The smallest absolute Gasteiger partial charge is 0.418 e. The fraction of sp³-hybridized carbons (Fsp3) is 0.300. The second-order valence-corrected chi connectivity index (χ2v) is 6.52. The summed E-state index contributed by atoms with van der Waals surface area (Å²) in [6.07, 6.45) is -5.36. The van der Waals surface area contributed by atoms with Crippen LogP contribution in [0.2, 0.25) is 10.0 Å². The van der Waals surface area contributed by atoms with E-state index in [1.807, 2.05) is 0 Å². The van der Waals surface area contributed by atoms with Crippen molar-refractivity contribution in [1.29, 1.82) is 0 Å². The first kappa shape index (κ1) is 18.0. The molecule has 0 aliphatic heterocycles. The maximum atomic E-state index is 12.8. The summed E-state index contributed by atoms with van der Waals surface area (Å²) in [7, 11) is -4.87. The van der Waals surface area contributed by atoms with Crippen LogP contribution in [-0.4, -0.2) is 31.2 Å². The van der Waals surface area contributed by atoms with E-state index >= 15 is 0 Å². The highest BCUT2D eigenvalue weighted by Gasteiger charge is 2.59. The molecular weight excluding hydrogens is 358 g/mol. The number of hydrogen-bond donors (Lipinski definition) is 2. The third-order valence-electron chi connectivity index (χ3n) is 2.54. The van der Waals surface area contributed by atoms with Gasteiger partial charge in [0.2, 0.25) is 15.6 Å². The van der Waals surface area contributed by atoms with Crippen molar-refractivity contribution in [2.75, 3.05) is 0 Å². The number of benzene rings is 1. The number of sulfonamides is 1. The summed E-state index contributed by atoms with van der Waals surface area (Å²) < 4.78 is 63.4. The molecule has 21 heavy (non-hydrogen) atoms. The summed E-state index contributed by atoms with van der Waals surface area (Å²) in [4.78, 5) is 10.1. The monoisotopic (exact) mass is 365 g/mol. The van der Waals surface area contributed by atoms with Crippen molar-refractivity contribution >= 4 is 39.2 Å². The molecule has 5 nitrogen and oxygen atoms in total. The lowest BCUT2D eigenvalue weighted by atomic mass is 10.0. The Morgan fingerprint density at radius 1 is 1.29 bits per heavy atom. The van der Waals surface area contributed by atoms with Crippen LogP contribution < -0.4 is 4.72 Å². The Balaban J connectivity index is 3.39. The molecule has 0 heterocycles. The standard InChI is InChI=1S/C10H8Cl2F3NO4S/c1-9(8(17)18,10(13,14)15)16-21(19,20)6-4-2-3-5(11)7(6)12/h2-4,16H,1H3,(H,17,18). The van der Waals surface area contributed by atoms with E-state index in [2.05, 4.69) is 0 Å². The molecule has 0 aliphatic rings. The van der Waals surface area contributed by atoms with Crippen molar-refractivity contribution in [2.24, 2.45) is 0 Å². The number of aliphatic carboxylic acids is 1. The molecule has 1 rings (SSSR count). The highest BCUT2D eigenvalue weighted by molar-refractivity contribution is 7.89. The molecule has 1 aromatic carbocycles. The molecule has 0 saturated heterocycles. The van der Waals surface area contributed by atoms with Crippen LogP contribution in [0.25, 0.3) is 0 Å². The van der Waals surface area contributed by atoms with Crippen molar-refractivity contribution < 1.29 is 31.5 Å². The lowest BCUT2D eigenvalue weighted by Crippen LogP contribution is -2.61. The van der Waals surface area contributed by atoms with Gasteiger partial charge in [0.1, 0.15) is 4.90 Å². The summed E-state index contributed by atoms with van der Waals surface area (Å²) in [6.45, 7) is 0.186. The van der Waals surface area contributed by atoms with Crippen molar-refractivity contribution in [1.82, 2.24) is 4.72 Å². The van der Waals surface area contributed by atoms with Gasteiger partial charge < -0.3 is 5.11 Å². The van der Waals surface area contributed by atoms with Gasteiger partial charge >= 0.3 is 12.1 Å². The minimum Gasteiger partial charge on any atom is -0.480 e. The molecule has 0 fully saturated rings. The van der Waals surface area contributed by atoms with Crippen LogP contribution in [0.15, 0.2) is 23.1 Å². The number of alkyl halides is 3. The van der Waals surface area contributed by atoms with E-state index in [1.165, 1.54) is 6.07 Å². The molecule has 1 unspecified atom stereocenters. The first-order chi connectivity index (χ1) is 9.33. The Labute approximate surface area is 127 Å². The third-order valence-corrected chi connectivity index (χ3v) is 5.07. The zero-order valence-electron chi connectivity index (χ0n) is 10.2. The topological polar surface area (TPSA) is 83.5 Å². The maximum absolute atomic E-state index is 12.8. The molecule has 1 aromatic rings. The summed E-state index contributed by atoms with van der Waals surface area (Å²) in [6, 6.07) is 3.27. The molecule has 0 amide bonds. The minimum atomic E-state index is -5.36. The second kappa shape index (κ2) is 5.64. The van der Waals surface area contributed by atoms with Crippen LogP contribution in [0.1, 0.15) is 6.92 Å². The van der Waals surface area contributed by atoms with Crippen LogP contribution in [0, 0.1) is 0 Å². The number of carboxylic acid groups (broad SMARTS) is 1. The number of carboxylic acids is 1. The van der Waals surface area contributed by atoms with Crippen molar-refractivity contribution in [3.8, 4) is 0 Å². The first-order valence-corrected chi connectivity index (χ1v) is 7.35. The maximum Gasteiger partial charge on any atom is 0.418 e. The van der Waals surface area contributed by atoms with Gasteiger partial charge in [0.05, 0.1) is 10.0 Å². The predicted molar refractivity (Wildman–Crippen MR) is 68.9 cm³/mol. The molecule has 2 N–H and O–H groups in total. The van der Waals surface area contributed by atoms with Crippen LogP contribution in [0.4, 0.5) is 13.2 Å². The van der Waals surface area contributed by atoms with E-state index in [1.54, 1.807) is 0 Å². The third kappa shape index (κ3) is 3.42. The number of halogens is 5. The van der Waals surface area contributed by atoms with E-state index in [-0.39, 0.29) is 11.9 Å². The molecule has 0 bridgehead atoms. The van der Waals surface area contributed by atoms with Gasteiger partial charge in [-0.15, -0.1) is 0 Å². The lowest BCUT2D eigenvalue weighted by Gasteiger charge is -2.28. The minimum absolute atomic E-state index is 0.186. The Morgan fingerprint density at radius 2 is 1.81 bits per heavy atom.